The number of benzene rings is 3. The van der Waals surface area contributed by atoms with Gasteiger partial charge < -0.3 is 10.3 Å². The van der Waals surface area contributed by atoms with Gasteiger partial charge in [-0.3, -0.25) is 4.79 Å². The molecule has 1 heterocycles. The van der Waals surface area contributed by atoms with Crippen molar-refractivity contribution in [2.24, 2.45) is 5.73 Å². The number of nitrogens with two attached hydrogens (primary N) is 1. The minimum atomic E-state index is -3.95. The summed E-state index contributed by atoms with van der Waals surface area (Å²) in [6.45, 7) is 2.21. The van der Waals surface area contributed by atoms with E-state index in [4.69, 9.17) is 17.3 Å². The number of aryl methyl sites for hydroxylation is 1. The number of hydrogen-bond donors (Lipinski definition) is 1. The molecule has 2 N–H and O–H groups in total. The Labute approximate surface area is 178 Å². The van der Waals surface area contributed by atoms with E-state index in [0.29, 0.717) is 22.9 Å². The fourth-order valence-corrected chi connectivity index (χ4v) is 5.15. The molecule has 6 nitrogen and oxygen atoms in total. The van der Waals surface area contributed by atoms with Crippen molar-refractivity contribution in [3.05, 3.63) is 88.7 Å². The lowest BCUT2D eigenvalue weighted by Gasteiger charge is -2.11. The summed E-state index contributed by atoms with van der Waals surface area (Å²) in [5, 5.41) is 0.608. The lowest BCUT2D eigenvalue weighted by atomic mass is 10.1. The number of primary amides is 1. The van der Waals surface area contributed by atoms with Crippen molar-refractivity contribution in [2.75, 3.05) is 0 Å². The number of nitrogens with zero attached hydrogens (tertiary/aromatic N) is 2. The van der Waals surface area contributed by atoms with Crippen LogP contribution in [-0.2, 0) is 16.4 Å². The van der Waals surface area contributed by atoms with Gasteiger partial charge in [-0.15, -0.1) is 0 Å². The predicted octanol–water partition coefficient (Wildman–Crippen LogP) is 3.98. The van der Waals surface area contributed by atoms with Gasteiger partial charge in [0.1, 0.15) is 11.3 Å². The minimum absolute atomic E-state index is 0.0825. The van der Waals surface area contributed by atoms with Crippen molar-refractivity contribution in [2.45, 2.75) is 23.3 Å². The molecule has 1 aromatic heterocycles. The van der Waals surface area contributed by atoms with E-state index in [1.165, 1.54) is 18.2 Å². The summed E-state index contributed by atoms with van der Waals surface area (Å²) in [4.78, 5) is 16.7. The molecule has 0 saturated heterocycles. The molecular weight excluding hydrogens is 422 g/mol. The number of carbonyl (C=O) groups is 1. The van der Waals surface area contributed by atoms with Crippen molar-refractivity contribution < 1.29 is 13.2 Å². The Hall–Kier alpha value is -3.16. The molecule has 0 spiro atoms. The molecule has 1 amide bonds. The first kappa shape index (κ1) is 20.1. The van der Waals surface area contributed by atoms with Crippen LogP contribution in [0, 0.1) is 6.92 Å². The van der Waals surface area contributed by atoms with Crippen LogP contribution in [0.15, 0.2) is 76.5 Å². The highest BCUT2D eigenvalue weighted by molar-refractivity contribution is 7.91. The third-order valence-electron chi connectivity index (χ3n) is 4.95. The summed E-state index contributed by atoms with van der Waals surface area (Å²) in [7, 11) is -3.95. The number of aromatic nitrogens is 2. The summed E-state index contributed by atoms with van der Waals surface area (Å²) in [6, 6.07) is 18.4. The first-order valence-corrected chi connectivity index (χ1v) is 11.0. The van der Waals surface area contributed by atoms with Gasteiger partial charge in [0, 0.05) is 5.02 Å². The van der Waals surface area contributed by atoms with E-state index in [1.54, 1.807) is 37.3 Å². The topological polar surface area (TPSA) is 95.1 Å². The van der Waals surface area contributed by atoms with Gasteiger partial charge in [-0.2, -0.15) is 0 Å². The van der Waals surface area contributed by atoms with Crippen LogP contribution in [0.25, 0.3) is 11.0 Å². The highest BCUT2D eigenvalue weighted by Crippen LogP contribution is 2.31. The zero-order valence-corrected chi connectivity index (χ0v) is 17.6. The lowest BCUT2D eigenvalue weighted by Crippen LogP contribution is -2.17. The van der Waals surface area contributed by atoms with E-state index in [0.717, 1.165) is 5.56 Å². The van der Waals surface area contributed by atoms with Crippen molar-refractivity contribution in [3.63, 3.8) is 0 Å². The molecular formula is C22H18ClN3O3S. The SMILES string of the molecule is Cc1nc2c(C(N)=O)c(S(=O)(=O)c3ccccc3)ccc2n1Cc1ccccc1Cl. The van der Waals surface area contributed by atoms with Crippen LogP contribution < -0.4 is 5.73 Å². The first-order chi connectivity index (χ1) is 14.3. The Morgan fingerprint density at radius 2 is 1.70 bits per heavy atom. The number of carbonyl (C=O) groups excluding carboxylic acids is 1. The molecule has 0 aliphatic carbocycles. The molecule has 30 heavy (non-hydrogen) atoms. The maximum Gasteiger partial charge on any atom is 0.252 e. The molecule has 0 fully saturated rings. The Morgan fingerprint density at radius 1 is 1.03 bits per heavy atom. The Balaban J connectivity index is 1.94. The normalized spacial score (nSPS) is 11.7. The number of hydrogen-bond acceptors (Lipinski definition) is 4. The zero-order chi connectivity index (χ0) is 21.5. The fraction of sp³-hybridized carbons (Fsp3) is 0.0909. The number of rotatable bonds is 5. The Bertz CT molecular complexity index is 1380. The van der Waals surface area contributed by atoms with Gasteiger partial charge in [0.25, 0.3) is 5.91 Å². The highest BCUT2D eigenvalue weighted by atomic mass is 35.5. The van der Waals surface area contributed by atoms with Gasteiger partial charge in [-0.05, 0) is 42.8 Å². The standard InChI is InChI=1S/C22H18ClN3O3S/c1-14-25-21-18(26(14)13-15-7-5-6-10-17(15)23)11-12-19(20(21)22(24)27)30(28,29)16-8-3-2-4-9-16/h2-12H,13H2,1H3,(H2,24,27). The van der Waals surface area contributed by atoms with E-state index < -0.39 is 15.7 Å². The van der Waals surface area contributed by atoms with Crippen LogP contribution in [0.3, 0.4) is 0 Å². The quantitative estimate of drug-likeness (QED) is 0.508. The minimum Gasteiger partial charge on any atom is -0.365 e. The summed E-state index contributed by atoms with van der Waals surface area (Å²) >= 11 is 6.29. The Morgan fingerprint density at radius 3 is 2.37 bits per heavy atom. The summed E-state index contributed by atoms with van der Waals surface area (Å²) < 4.78 is 28.2. The molecule has 8 heteroatoms. The highest BCUT2D eigenvalue weighted by Gasteiger charge is 2.27. The van der Waals surface area contributed by atoms with Crippen molar-refractivity contribution in [1.82, 2.24) is 9.55 Å². The van der Waals surface area contributed by atoms with Crippen LogP contribution in [0.5, 0.6) is 0 Å². The summed E-state index contributed by atoms with van der Waals surface area (Å²) in [5.41, 5.74) is 7.24. The number of fused-ring (bicyclic) bond motifs is 1. The molecule has 152 valence electrons. The largest absolute Gasteiger partial charge is 0.365 e. The lowest BCUT2D eigenvalue weighted by molar-refractivity contribution is 0.0998. The van der Waals surface area contributed by atoms with Crippen LogP contribution in [0.4, 0.5) is 0 Å². The van der Waals surface area contributed by atoms with E-state index in [1.807, 2.05) is 22.8 Å². The second-order valence-corrected chi connectivity index (χ2v) is 9.15. The number of sulfone groups is 1. The third-order valence-corrected chi connectivity index (χ3v) is 7.13. The second-order valence-electron chi connectivity index (χ2n) is 6.82. The zero-order valence-electron chi connectivity index (χ0n) is 16.0. The number of amides is 1. The number of imidazole rings is 1. The molecule has 4 rings (SSSR count). The smallest absolute Gasteiger partial charge is 0.252 e. The molecule has 0 atom stereocenters. The van der Waals surface area contributed by atoms with Gasteiger partial charge in [0.05, 0.1) is 27.4 Å². The molecule has 0 aliphatic rings. The van der Waals surface area contributed by atoms with E-state index in [-0.39, 0.29) is 20.9 Å². The molecule has 3 aromatic carbocycles. The summed E-state index contributed by atoms with van der Waals surface area (Å²) in [5.74, 6) is -0.237. The molecule has 0 aliphatic heterocycles. The van der Waals surface area contributed by atoms with Gasteiger partial charge in [0.2, 0.25) is 9.84 Å². The van der Waals surface area contributed by atoms with E-state index in [9.17, 15) is 13.2 Å². The van der Waals surface area contributed by atoms with Gasteiger partial charge in [-0.1, -0.05) is 48.0 Å². The van der Waals surface area contributed by atoms with Crippen LogP contribution >= 0.6 is 11.6 Å². The molecule has 0 unspecified atom stereocenters. The average Bonchev–Trinajstić information content (AvgIpc) is 3.04. The fourth-order valence-electron chi connectivity index (χ4n) is 3.47. The van der Waals surface area contributed by atoms with Crippen LogP contribution in [0.1, 0.15) is 21.7 Å². The van der Waals surface area contributed by atoms with Crippen molar-refractivity contribution >= 4 is 38.4 Å². The van der Waals surface area contributed by atoms with Crippen LogP contribution in [0.2, 0.25) is 5.02 Å². The first-order valence-electron chi connectivity index (χ1n) is 9.14. The predicted molar refractivity (Wildman–Crippen MR) is 115 cm³/mol. The van der Waals surface area contributed by atoms with Crippen molar-refractivity contribution in [3.8, 4) is 0 Å². The maximum absolute atomic E-state index is 13.2. The van der Waals surface area contributed by atoms with Crippen molar-refractivity contribution in [1.29, 1.82) is 0 Å². The van der Waals surface area contributed by atoms with E-state index >= 15 is 0 Å². The molecule has 0 saturated carbocycles. The molecule has 4 aromatic rings. The maximum atomic E-state index is 13.2. The second kappa shape index (κ2) is 7.59. The average molecular weight is 440 g/mol. The molecule has 0 bridgehead atoms. The number of halogens is 1. The van der Waals surface area contributed by atoms with Gasteiger partial charge in [0.15, 0.2) is 0 Å². The van der Waals surface area contributed by atoms with Crippen LogP contribution in [-0.4, -0.2) is 23.9 Å². The monoisotopic (exact) mass is 439 g/mol. The Kier molecular flexibility index (Phi) is 5.09. The molecule has 0 radical (unpaired) electrons. The third kappa shape index (κ3) is 3.36. The van der Waals surface area contributed by atoms with Gasteiger partial charge in [-0.25, -0.2) is 13.4 Å². The van der Waals surface area contributed by atoms with Gasteiger partial charge >= 0.3 is 0 Å². The summed E-state index contributed by atoms with van der Waals surface area (Å²) in [6.07, 6.45) is 0. The van der Waals surface area contributed by atoms with E-state index in [2.05, 4.69) is 4.98 Å².